The third kappa shape index (κ3) is 5.89. The summed E-state index contributed by atoms with van der Waals surface area (Å²) in [4.78, 5) is 12.3. The topological polar surface area (TPSA) is 52.6 Å². The fourth-order valence-electron chi connectivity index (χ4n) is 2.83. The van der Waals surface area contributed by atoms with Crippen LogP contribution in [0.4, 0.5) is 0 Å². The molecule has 0 amide bonds. The monoisotopic (exact) mass is 330 g/mol. The molecule has 22 heavy (non-hydrogen) atoms. The van der Waals surface area contributed by atoms with Gasteiger partial charge in [-0.3, -0.25) is 4.57 Å². The summed E-state index contributed by atoms with van der Waals surface area (Å²) in [6.45, 7) is 8.14. The van der Waals surface area contributed by atoms with Crippen LogP contribution in [0.2, 0.25) is 0 Å². The summed E-state index contributed by atoms with van der Waals surface area (Å²) in [5.41, 5.74) is 0.441. The highest BCUT2D eigenvalue weighted by Gasteiger charge is 2.31. The van der Waals surface area contributed by atoms with Gasteiger partial charge in [0, 0.05) is 11.2 Å². The van der Waals surface area contributed by atoms with Crippen molar-refractivity contribution in [2.24, 2.45) is 5.92 Å². The molecule has 0 radical (unpaired) electrons. The van der Waals surface area contributed by atoms with E-state index in [9.17, 15) is 9.36 Å². The first-order chi connectivity index (χ1) is 10.4. The maximum Gasteiger partial charge on any atom is 0.334 e. The quantitative estimate of drug-likeness (QED) is 0.365. The number of hydrogen-bond acceptors (Lipinski definition) is 4. The summed E-state index contributed by atoms with van der Waals surface area (Å²) in [6, 6.07) is 0. The van der Waals surface area contributed by atoms with Crippen LogP contribution in [0.3, 0.4) is 0 Å². The molecular formula is C17H31O4P. The molecule has 0 aromatic rings. The Labute approximate surface area is 135 Å². The van der Waals surface area contributed by atoms with Crippen LogP contribution in [-0.4, -0.2) is 31.0 Å². The summed E-state index contributed by atoms with van der Waals surface area (Å²) >= 11 is 0. The molecule has 1 unspecified atom stereocenters. The lowest BCUT2D eigenvalue weighted by atomic mass is 9.88. The van der Waals surface area contributed by atoms with E-state index in [1.807, 2.05) is 26.8 Å². The zero-order chi connectivity index (χ0) is 16.6. The molecule has 0 heterocycles. The van der Waals surface area contributed by atoms with Gasteiger partial charge in [-0.05, 0) is 32.6 Å². The normalized spacial score (nSPS) is 20.0. The van der Waals surface area contributed by atoms with E-state index in [1.54, 1.807) is 6.92 Å². The molecule has 0 spiro atoms. The van der Waals surface area contributed by atoms with Crippen molar-refractivity contribution in [3.63, 3.8) is 0 Å². The molecular weight excluding hydrogens is 299 g/mol. The van der Waals surface area contributed by atoms with Gasteiger partial charge < -0.3 is 9.26 Å². The second kappa shape index (κ2) is 9.52. The van der Waals surface area contributed by atoms with E-state index in [0.29, 0.717) is 24.7 Å². The summed E-state index contributed by atoms with van der Waals surface area (Å²) in [6.07, 6.45) is 8.06. The predicted octanol–water partition coefficient (Wildman–Crippen LogP) is 4.78. The summed E-state index contributed by atoms with van der Waals surface area (Å²) in [5.74, 6) is 0.0593. The molecule has 1 aliphatic carbocycles. The molecule has 4 nitrogen and oxygen atoms in total. The lowest BCUT2D eigenvalue weighted by molar-refractivity contribution is -0.138. The Morgan fingerprint density at radius 3 is 2.32 bits per heavy atom. The molecule has 5 heteroatoms. The minimum absolute atomic E-state index is 0.100. The Bertz CT molecular complexity index is 422. The second-order valence-electron chi connectivity index (χ2n) is 6.21. The third-order valence-electron chi connectivity index (χ3n) is 4.15. The van der Waals surface area contributed by atoms with Crippen molar-refractivity contribution in [3.05, 3.63) is 11.6 Å². The maximum atomic E-state index is 13.0. The molecule has 0 bridgehead atoms. The van der Waals surface area contributed by atoms with E-state index >= 15 is 0 Å². The molecule has 0 aliphatic heterocycles. The zero-order valence-corrected chi connectivity index (χ0v) is 15.4. The van der Waals surface area contributed by atoms with Crippen molar-refractivity contribution in [2.75, 3.05) is 19.4 Å². The van der Waals surface area contributed by atoms with Gasteiger partial charge in [0.1, 0.15) is 0 Å². The number of esters is 1. The maximum absolute atomic E-state index is 13.0. The molecule has 0 N–H and O–H groups in total. The minimum atomic E-state index is -2.86. The van der Waals surface area contributed by atoms with Crippen LogP contribution in [-0.2, 0) is 18.6 Å². The number of carbonyl (C=O) groups is 1. The van der Waals surface area contributed by atoms with Gasteiger partial charge in [-0.15, -0.1) is 0 Å². The standard InChI is InChI=1S/C17H31O4P/c1-5-20-17(18)16(12-15-10-8-7-9-11-15)13-22(19,14(3)4)21-6-2/h12,14-15H,5-11,13H2,1-4H3/b16-12-. The first kappa shape index (κ1) is 19.4. The van der Waals surface area contributed by atoms with E-state index in [4.69, 9.17) is 9.26 Å². The molecule has 1 atom stereocenters. The van der Waals surface area contributed by atoms with Crippen LogP contribution in [0, 0.1) is 5.92 Å². The number of carbonyl (C=O) groups excluding carboxylic acids is 1. The molecule has 1 rings (SSSR count). The number of allylic oxidation sites excluding steroid dienone is 1. The van der Waals surface area contributed by atoms with Crippen LogP contribution < -0.4 is 0 Å². The Hall–Kier alpha value is -0.600. The van der Waals surface area contributed by atoms with E-state index in [2.05, 4.69) is 0 Å². The summed E-state index contributed by atoms with van der Waals surface area (Å²) in [5, 5.41) is 0. The van der Waals surface area contributed by atoms with Gasteiger partial charge in [-0.1, -0.05) is 39.2 Å². The Kier molecular flexibility index (Phi) is 8.41. The van der Waals surface area contributed by atoms with E-state index < -0.39 is 7.37 Å². The van der Waals surface area contributed by atoms with Crippen molar-refractivity contribution in [3.8, 4) is 0 Å². The summed E-state index contributed by atoms with van der Waals surface area (Å²) in [7, 11) is -2.86. The highest BCUT2D eigenvalue weighted by atomic mass is 31.2. The van der Waals surface area contributed by atoms with E-state index in [-0.39, 0.29) is 17.8 Å². The Morgan fingerprint density at radius 2 is 1.82 bits per heavy atom. The molecule has 0 aromatic heterocycles. The van der Waals surface area contributed by atoms with Crippen molar-refractivity contribution in [1.82, 2.24) is 0 Å². The Morgan fingerprint density at radius 1 is 1.18 bits per heavy atom. The molecule has 0 aromatic carbocycles. The van der Waals surface area contributed by atoms with Gasteiger partial charge in [0.05, 0.1) is 19.4 Å². The molecule has 128 valence electrons. The first-order valence-corrected chi connectivity index (χ1v) is 10.4. The smallest absolute Gasteiger partial charge is 0.334 e. The fraction of sp³-hybridized carbons (Fsp3) is 0.824. The lowest BCUT2D eigenvalue weighted by Gasteiger charge is -2.24. The molecule has 1 saturated carbocycles. The van der Waals surface area contributed by atoms with Crippen LogP contribution in [0.5, 0.6) is 0 Å². The lowest BCUT2D eigenvalue weighted by Crippen LogP contribution is -2.17. The number of hydrogen-bond donors (Lipinski definition) is 0. The van der Waals surface area contributed by atoms with Crippen LogP contribution >= 0.6 is 7.37 Å². The number of ether oxygens (including phenoxy) is 1. The van der Waals surface area contributed by atoms with Gasteiger partial charge in [0.15, 0.2) is 0 Å². The minimum Gasteiger partial charge on any atom is -0.463 e. The fourth-order valence-corrected chi connectivity index (χ4v) is 4.73. The van der Waals surface area contributed by atoms with Crippen molar-refractivity contribution < 1.29 is 18.6 Å². The Balaban J connectivity index is 2.95. The van der Waals surface area contributed by atoms with Gasteiger partial charge >= 0.3 is 5.97 Å². The third-order valence-corrected chi connectivity index (χ3v) is 7.20. The van der Waals surface area contributed by atoms with E-state index in [1.165, 1.54) is 19.3 Å². The van der Waals surface area contributed by atoms with Gasteiger partial charge in [0.25, 0.3) is 0 Å². The average Bonchev–Trinajstić information content (AvgIpc) is 2.48. The largest absolute Gasteiger partial charge is 0.463 e. The average molecular weight is 330 g/mol. The van der Waals surface area contributed by atoms with Crippen LogP contribution in [0.25, 0.3) is 0 Å². The van der Waals surface area contributed by atoms with Crippen LogP contribution in [0.15, 0.2) is 11.6 Å². The van der Waals surface area contributed by atoms with Gasteiger partial charge in [0.2, 0.25) is 7.37 Å². The van der Waals surface area contributed by atoms with Crippen molar-refractivity contribution >= 4 is 13.3 Å². The highest BCUT2D eigenvalue weighted by Crippen LogP contribution is 2.53. The molecule has 0 saturated heterocycles. The van der Waals surface area contributed by atoms with E-state index in [0.717, 1.165) is 12.8 Å². The number of rotatable bonds is 8. The van der Waals surface area contributed by atoms with Crippen molar-refractivity contribution in [1.29, 1.82) is 0 Å². The summed E-state index contributed by atoms with van der Waals surface area (Å²) < 4.78 is 23.7. The first-order valence-electron chi connectivity index (χ1n) is 8.54. The molecule has 1 fully saturated rings. The zero-order valence-electron chi connectivity index (χ0n) is 14.5. The van der Waals surface area contributed by atoms with Gasteiger partial charge in [-0.2, -0.15) is 0 Å². The predicted molar refractivity (Wildman–Crippen MR) is 90.5 cm³/mol. The SMILES string of the molecule is CCOC(=O)/C(=C\C1CCCCC1)CP(=O)(OCC)C(C)C. The molecule has 1 aliphatic rings. The van der Waals surface area contributed by atoms with Crippen LogP contribution in [0.1, 0.15) is 59.8 Å². The second-order valence-corrected chi connectivity index (χ2v) is 9.27. The van der Waals surface area contributed by atoms with Gasteiger partial charge in [-0.25, -0.2) is 4.79 Å². The van der Waals surface area contributed by atoms with Crippen molar-refractivity contribution in [2.45, 2.75) is 65.5 Å². The highest BCUT2D eigenvalue weighted by molar-refractivity contribution is 7.60.